The molecule has 2 N–H and O–H groups in total. The molecule has 2 aromatic rings. The van der Waals surface area contributed by atoms with Crippen LogP contribution in [0.3, 0.4) is 0 Å². The Morgan fingerprint density at radius 2 is 2.05 bits per heavy atom. The molecule has 0 aliphatic carbocycles. The monoisotopic (exact) mass is 288 g/mol. The number of nitrogens with zero attached hydrogens (tertiary/aromatic N) is 1. The average molecular weight is 288 g/mol. The van der Waals surface area contributed by atoms with E-state index in [0.717, 1.165) is 0 Å². The third kappa shape index (κ3) is 3.42. The average Bonchev–Trinajstić information content (AvgIpc) is 2.48. The van der Waals surface area contributed by atoms with E-state index >= 15 is 0 Å². The topological polar surface area (TPSA) is 83.5 Å². The fraction of sp³-hybridized carbons (Fsp3) is 0.200. The van der Waals surface area contributed by atoms with Gasteiger partial charge in [0.2, 0.25) is 0 Å². The molecule has 1 aromatic heterocycles. The molecule has 0 spiro atoms. The normalized spacial score (nSPS) is 10.1. The number of aromatic nitrogens is 1. The molecule has 0 bridgehead atoms. The van der Waals surface area contributed by atoms with Gasteiger partial charge in [-0.3, -0.25) is 4.79 Å². The number of rotatable bonds is 5. The van der Waals surface area contributed by atoms with Gasteiger partial charge in [0.25, 0.3) is 5.56 Å². The summed E-state index contributed by atoms with van der Waals surface area (Å²) in [6, 6.07) is 9.76. The van der Waals surface area contributed by atoms with Gasteiger partial charge in [-0.1, -0.05) is 12.1 Å². The van der Waals surface area contributed by atoms with E-state index in [4.69, 9.17) is 15.2 Å². The van der Waals surface area contributed by atoms with Crippen LogP contribution in [0.25, 0.3) is 0 Å². The number of carbonyl (C=O) groups is 1. The fourth-order valence-corrected chi connectivity index (χ4v) is 1.89. The Morgan fingerprint density at radius 1 is 1.24 bits per heavy atom. The van der Waals surface area contributed by atoms with Crippen LogP contribution < -0.4 is 16.0 Å². The van der Waals surface area contributed by atoms with Crippen molar-refractivity contribution in [2.45, 2.75) is 6.54 Å². The van der Waals surface area contributed by atoms with Gasteiger partial charge in [-0.05, 0) is 18.2 Å². The summed E-state index contributed by atoms with van der Waals surface area (Å²) >= 11 is 0. The van der Waals surface area contributed by atoms with Gasteiger partial charge in [0.15, 0.2) is 0 Å². The van der Waals surface area contributed by atoms with E-state index in [1.165, 1.54) is 17.7 Å². The third-order valence-electron chi connectivity index (χ3n) is 2.95. The van der Waals surface area contributed by atoms with Crippen LogP contribution in [0.4, 0.5) is 5.69 Å². The summed E-state index contributed by atoms with van der Waals surface area (Å²) in [4.78, 5) is 23.6. The summed E-state index contributed by atoms with van der Waals surface area (Å²) in [7, 11) is 1.45. The zero-order chi connectivity index (χ0) is 15.2. The molecule has 0 radical (unpaired) electrons. The summed E-state index contributed by atoms with van der Waals surface area (Å²) in [5.74, 6) is -0.217. The molecule has 6 heteroatoms. The van der Waals surface area contributed by atoms with E-state index < -0.39 is 5.97 Å². The Morgan fingerprint density at radius 3 is 2.76 bits per heavy atom. The molecule has 0 amide bonds. The van der Waals surface area contributed by atoms with Crippen LogP contribution in [0.15, 0.2) is 47.4 Å². The molecule has 0 unspecified atom stereocenters. The SMILES string of the molecule is COc1cccc(N)c1C(=O)OCCn1ccccc1=O. The minimum Gasteiger partial charge on any atom is -0.496 e. The summed E-state index contributed by atoms with van der Waals surface area (Å²) in [6.45, 7) is 0.348. The van der Waals surface area contributed by atoms with Gasteiger partial charge >= 0.3 is 5.97 Å². The molecular weight excluding hydrogens is 272 g/mol. The molecule has 1 heterocycles. The second-order valence-corrected chi connectivity index (χ2v) is 4.29. The van der Waals surface area contributed by atoms with Gasteiger partial charge in [-0.25, -0.2) is 4.79 Å². The highest BCUT2D eigenvalue weighted by molar-refractivity contribution is 5.98. The van der Waals surface area contributed by atoms with Crippen molar-refractivity contribution in [2.24, 2.45) is 0 Å². The predicted octanol–water partition coefficient (Wildman–Crippen LogP) is 1.30. The first kappa shape index (κ1) is 14.6. The molecule has 0 aliphatic heterocycles. The van der Waals surface area contributed by atoms with Crippen LogP contribution in [0, 0.1) is 0 Å². The molecule has 0 atom stereocenters. The van der Waals surface area contributed by atoms with Gasteiger partial charge in [-0.2, -0.15) is 0 Å². The highest BCUT2D eigenvalue weighted by Gasteiger charge is 2.17. The molecule has 21 heavy (non-hydrogen) atoms. The quantitative estimate of drug-likeness (QED) is 0.662. The molecule has 110 valence electrons. The smallest absolute Gasteiger partial charge is 0.344 e. The lowest BCUT2D eigenvalue weighted by atomic mass is 10.1. The third-order valence-corrected chi connectivity index (χ3v) is 2.95. The number of hydrogen-bond acceptors (Lipinski definition) is 5. The Kier molecular flexibility index (Phi) is 4.61. The molecule has 0 aliphatic rings. The van der Waals surface area contributed by atoms with Crippen LogP contribution in [0.1, 0.15) is 10.4 Å². The van der Waals surface area contributed by atoms with Crippen molar-refractivity contribution >= 4 is 11.7 Å². The van der Waals surface area contributed by atoms with E-state index in [1.807, 2.05) is 0 Å². The number of ether oxygens (including phenoxy) is 2. The van der Waals surface area contributed by atoms with Crippen LogP contribution in [0.2, 0.25) is 0 Å². The molecular formula is C15H16N2O4. The van der Waals surface area contributed by atoms with Crippen LogP contribution in [0.5, 0.6) is 5.75 Å². The molecule has 0 saturated heterocycles. The number of anilines is 1. The van der Waals surface area contributed by atoms with Gasteiger partial charge < -0.3 is 19.8 Å². The van der Waals surface area contributed by atoms with Gasteiger partial charge in [0.05, 0.1) is 13.7 Å². The van der Waals surface area contributed by atoms with E-state index in [1.54, 1.807) is 36.5 Å². The zero-order valence-electron chi connectivity index (χ0n) is 11.6. The maximum absolute atomic E-state index is 12.1. The Balaban J connectivity index is 2.03. The fourth-order valence-electron chi connectivity index (χ4n) is 1.89. The Labute approximate surface area is 121 Å². The van der Waals surface area contributed by atoms with Crippen molar-refractivity contribution in [1.82, 2.24) is 4.57 Å². The minimum absolute atomic E-state index is 0.0697. The van der Waals surface area contributed by atoms with Gasteiger partial charge in [0.1, 0.15) is 17.9 Å². The molecule has 0 fully saturated rings. The zero-order valence-corrected chi connectivity index (χ0v) is 11.6. The highest BCUT2D eigenvalue weighted by atomic mass is 16.5. The predicted molar refractivity (Wildman–Crippen MR) is 78.4 cm³/mol. The van der Waals surface area contributed by atoms with E-state index in [-0.39, 0.29) is 30.0 Å². The number of benzene rings is 1. The summed E-state index contributed by atoms with van der Waals surface area (Å²) in [6.07, 6.45) is 1.63. The van der Waals surface area contributed by atoms with Crippen LogP contribution in [-0.2, 0) is 11.3 Å². The molecule has 1 aromatic carbocycles. The molecule has 0 saturated carbocycles. The van der Waals surface area contributed by atoms with Crippen molar-refractivity contribution in [2.75, 3.05) is 19.5 Å². The van der Waals surface area contributed by atoms with Crippen molar-refractivity contribution in [3.63, 3.8) is 0 Å². The summed E-state index contributed by atoms with van der Waals surface area (Å²) < 4.78 is 11.7. The first-order valence-electron chi connectivity index (χ1n) is 6.38. The molecule has 6 nitrogen and oxygen atoms in total. The maximum Gasteiger partial charge on any atom is 0.344 e. The first-order chi connectivity index (χ1) is 10.1. The summed E-state index contributed by atoms with van der Waals surface area (Å²) in [5, 5.41) is 0. The van der Waals surface area contributed by atoms with Crippen LogP contribution in [-0.4, -0.2) is 24.3 Å². The molecule has 2 rings (SSSR count). The number of carbonyl (C=O) groups excluding carboxylic acids is 1. The number of esters is 1. The number of hydrogen-bond donors (Lipinski definition) is 1. The standard InChI is InChI=1S/C15H16N2O4/c1-20-12-6-4-5-11(16)14(12)15(19)21-10-9-17-8-3-2-7-13(17)18/h2-8H,9-10,16H2,1H3. The van der Waals surface area contributed by atoms with Crippen LogP contribution >= 0.6 is 0 Å². The summed E-state index contributed by atoms with van der Waals surface area (Å²) in [5.41, 5.74) is 6.10. The minimum atomic E-state index is -0.575. The van der Waals surface area contributed by atoms with Gasteiger partial charge in [0, 0.05) is 18.0 Å². The van der Waals surface area contributed by atoms with Crippen molar-refractivity contribution < 1.29 is 14.3 Å². The number of pyridine rings is 1. The van der Waals surface area contributed by atoms with E-state index in [0.29, 0.717) is 5.75 Å². The van der Waals surface area contributed by atoms with Crippen molar-refractivity contribution in [3.05, 3.63) is 58.5 Å². The van der Waals surface area contributed by atoms with Crippen molar-refractivity contribution in [3.8, 4) is 5.75 Å². The highest BCUT2D eigenvalue weighted by Crippen LogP contribution is 2.24. The Bertz CT molecular complexity index is 694. The number of nitrogens with two attached hydrogens (primary N) is 1. The van der Waals surface area contributed by atoms with E-state index in [2.05, 4.69) is 0 Å². The van der Waals surface area contributed by atoms with Gasteiger partial charge in [-0.15, -0.1) is 0 Å². The maximum atomic E-state index is 12.1. The Hall–Kier alpha value is -2.76. The van der Waals surface area contributed by atoms with Crippen molar-refractivity contribution in [1.29, 1.82) is 0 Å². The van der Waals surface area contributed by atoms with E-state index in [9.17, 15) is 9.59 Å². The lowest BCUT2D eigenvalue weighted by Gasteiger charge is -2.11. The lowest BCUT2D eigenvalue weighted by molar-refractivity contribution is 0.0488. The second-order valence-electron chi connectivity index (χ2n) is 4.29. The number of methoxy groups -OCH3 is 1. The second kappa shape index (κ2) is 6.60. The largest absolute Gasteiger partial charge is 0.496 e. The lowest BCUT2D eigenvalue weighted by Crippen LogP contribution is -2.21. The number of nitrogen functional groups attached to an aromatic ring is 1. The first-order valence-corrected chi connectivity index (χ1v) is 6.38.